The van der Waals surface area contributed by atoms with E-state index in [1.54, 1.807) is 0 Å². The van der Waals surface area contributed by atoms with Crippen molar-refractivity contribution in [2.75, 3.05) is 18.0 Å². The highest BCUT2D eigenvalue weighted by Gasteiger charge is 2.21. The highest BCUT2D eigenvalue weighted by atomic mass is 16.3. The number of hydrogen-bond donors (Lipinski definition) is 1. The summed E-state index contributed by atoms with van der Waals surface area (Å²) in [5, 5.41) is 9.69. The Morgan fingerprint density at radius 3 is 1.60 bits per heavy atom. The molecule has 4 heteroatoms. The first kappa shape index (κ1) is 24.2. The molecule has 166 valence electrons. The lowest BCUT2D eigenvalue weighted by atomic mass is 9.99. The molecular formula is C26H39NO3. The van der Waals surface area contributed by atoms with Crippen LogP contribution in [0.15, 0.2) is 33.9 Å². The molecule has 2 aromatic carbocycles. The smallest absolute Gasteiger partial charge is 0.268 e. The molecule has 0 bridgehead atoms. The molecule has 0 heterocycles. The normalized spacial score (nSPS) is 11.3. The molecule has 0 unspecified atom stereocenters. The fraction of sp³-hybridized carbons (Fsp3) is 0.615. The minimum atomic E-state index is -0.776. The Hall–Kier alpha value is -2.10. The third-order valence-electron chi connectivity index (χ3n) is 5.97. The van der Waals surface area contributed by atoms with Crippen molar-refractivity contribution in [1.29, 1.82) is 0 Å². The third kappa shape index (κ3) is 7.00. The van der Waals surface area contributed by atoms with Gasteiger partial charge >= 0.3 is 0 Å². The molecule has 0 saturated heterocycles. The maximum absolute atomic E-state index is 11.7. The number of aromatic hydroxyl groups is 1. The van der Waals surface area contributed by atoms with Gasteiger partial charge in [0.15, 0.2) is 5.75 Å². The van der Waals surface area contributed by atoms with E-state index in [0.717, 1.165) is 18.8 Å². The van der Waals surface area contributed by atoms with E-state index in [0.29, 0.717) is 5.56 Å². The molecule has 0 spiro atoms. The molecule has 0 atom stereocenters. The Morgan fingerprint density at radius 1 is 0.667 bits per heavy atom. The maximum Gasteiger partial charge on any atom is 0.268 e. The summed E-state index contributed by atoms with van der Waals surface area (Å²) in [6.45, 7) is 6.58. The first-order valence-electron chi connectivity index (χ1n) is 12.0. The summed E-state index contributed by atoms with van der Waals surface area (Å²) in [6, 6.07) is 7.72. The lowest BCUT2D eigenvalue weighted by Gasteiger charge is -2.25. The summed E-state index contributed by atoms with van der Waals surface area (Å²) in [7, 11) is 0. The Kier molecular flexibility index (Phi) is 10.7. The number of nitrogens with zero attached hydrogens (tertiary/aromatic N) is 1. The molecular weight excluding hydrogens is 374 g/mol. The third-order valence-corrected chi connectivity index (χ3v) is 5.97. The van der Waals surface area contributed by atoms with Crippen molar-refractivity contribution in [1.82, 2.24) is 0 Å². The van der Waals surface area contributed by atoms with E-state index in [4.69, 9.17) is 0 Å². The van der Waals surface area contributed by atoms with Crippen LogP contribution in [0.3, 0.4) is 0 Å². The fourth-order valence-electron chi connectivity index (χ4n) is 4.02. The molecule has 1 N–H and O–H groups in total. The largest absolute Gasteiger partial charge is 0.503 e. The molecule has 0 radical (unpaired) electrons. The van der Waals surface area contributed by atoms with E-state index < -0.39 is 16.6 Å². The second-order valence-corrected chi connectivity index (χ2v) is 8.45. The molecule has 2 aromatic rings. The van der Waals surface area contributed by atoms with Crippen LogP contribution in [0.5, 0.6) is 5.75 Å². The summed E-state index contributed by atoms with van der Waals surface area (Å²) in [6.07, 6.45) is 15.4. The van der Waals surface area contributed by atoms with Crippen molar-refractivity contribution in [3.8, 4) is 16.9 Å². The quantitative estimate of drug-likeness (QED) is 0.264. The number of unbranched alkanes of at least 4 members (excludes halogenated alkanes) is 10. The van der Waals surface area contributed by atoms with Gasteiger partial charge in [-0.05, 0) is 30.5 Å². The summed E-state index contributed by atoms with van der Waals surface area (Å²) < 4.78 is 0. The second-order valence-electron chi connectivity index (χ2n) is 8.45. The van der Waals surface area contributed by atoms with Crippen LogP contribution in [-0.2, 0) is 0 Å². The Labute approximate surface area is 181 Å². The van der Waals surface area contributed by atoms with Gasteiger partial charge in [-0.2, -0.15) is 0 Å². The number of benzene rings is 1. The van der Waals surface area contributed by atoms with Gasteiger partial charge in [-0.25, -0.2) is 0 Å². The van der Waals surface area contributed by atoms with Crippen LogP contribution in [0, 0.1) is 0 Å². The molecule has 0 aromatic heterocycles. The zero-order chi connectivity index (χ0) is 21.8. The van der Waals surface area contributed by atoms with Crippen LogP contribution in [0.2, 0.25) is 0 Å². The number of hydrogen-bond acceptors (Lipinski definition) is 4. The minimum Gasteiger partial charge on any atom is -0.503 e. The highest BCUT2D eigenvalue weighted by Crippen LogP contribution is 2.27. The standard InChI is InChI=1S/C26H39NO3/c1-3-5-7-9-11-13-19-27(20-14-12-10-8-6-4-2)22-17-15-21(16-18-22)23-24(28)26(30)25(23)29/h15-18,28H,3-14,19-20H2,1-2H3. The van der Waals surface area contributed by atoms with Crippen LogP contribution in [0.4, 0.5) is 5.69 Å². The lowest BCUT2D eigenvalue weighted by molar-refractivity contribution is 0.465. The van der Waals surface area contributed by atoms with Gasteiger partial charge in [-0.15, -0.1) is 0 Å². The van der Waals surface area contributed by atoms with Crippen LogP contribution in [-0.4, -0.2) is 18.2 Å². The van der Waals surface area contributed by atoms with E-state index >= 15 is 0 Å². The van der Waals surface area contributed by atoms with Crippen LogP contribution < -0.4 is 15.8 Å². The van der Waals surface area contributed by atoms with Crippen molar-refractivity contribution >= 4 is 5.69 Å². The minimum absolute atomic E-state index is 0.157. The predicted molar refractivity (Wildman–Crippen MR) is 127 cm³/mol. The van der Waals surface area contributed by atoms with Crippen molar-refractivity contribution in [3.05, 3.63) is 44.7 Å². The van der Waals surface area contributed by atoms with E-state index in [9.17, 15) is 14.7 Å². The SMILES string of the molecule is CCCCCCCCN(CCCCCCCC)c1ccc(-c2c(O)c(=O)c2=O)cc1. The van der Waals surface area contributed by atoms with Gasteiger partial charge in [0.1, 0.15) is 0 Å². The summed E-state index contributed by atoms with van der Waals surface area (Å²) in [4.78, 5) is 25.4. The molecule has 30 heavy (non-hydrogen) atoms. The Balaban J connectivity index is 1.94. The molecule has 0 amide bonds. The van der Waals surface area contributed by atoms with Crippen LogP contribution in [0.1, 0.15) is 90.9 Å². The van der Waals surface area contributed by atoms with E-state index in [2.05, 4.69) is 18.7 Å². The van der Waals surface area contributed by atoms with E-state index in [-0.39, 0.29) is 5.56 Å². The van der Waals surface area contributed by atoms with Crippen molar-refractivity contribution in [2.45, 2.75) is 90.9 Å². The second kappa shape index (κ2) is 13.3. The lowest BCUT2D eigenvalue weighted by Crippen LogP contribution is -2.31. The fourth-order valence-corrected chi connectivity index (χ4v) is 4.02. The molecule has 0 aliphatic heterocycles. The van der Waals surface area contributed by atoms with Gasteiger partial charge in [0, 0.05) is 18.8 Å². The number of rotatable bonds is 16. The molecule has 0 saturated carbocycles. The van der Waals surface area contributed by atoms with Gasteiger partial charge in [0.2, 0.25) is 5.43 Å². The molecule has 2 rings (SSSR count). The number of anilines is 1. The zero-order valence-corrected chi connectivity index (χ0v) is 18.9. The monoisotopic (exact) mass is 413 g/mol. The first-order valence-corrected chi connectivity index (χ1v) is 12.0. The first-order chi connectivity index (χ1) is 14.6. The van der Waals surface area contributed by atoms with Gasteiger partial charge in [0.05, 0.1) is 5.56 Å². The van der Waals surface area contributed by atoms with E-state index in [1.165, 1.54) is 77.0 Å². The molecule has 4 nitrogen and oxygen atoms in total. The van der Waals surface area contributed by atoms with E-state index in [1.807, 2.05) is 24.3 Å². The average molecular weight is 414 g/mol. The summed E-state index contributed by atoms with van der Waals surface area (Å²) in [5.74, 6) is -0.399. The highest BCUT2D eigenvalue weighted by molar-refractivity contribution is 5.74. The molecule has 0 aliphatic carbocycles. The average Bonchev–Trinajstić information content (AvgIpc) is 2.77. The van der Waals surface area contributed by atoms with Crippen LogP contribution in [0.25, 0.3) is 11.1 Å². The van der Waals surface area contributed by atoms with Crippen molar-refractivity contribution in [2.24, 2.45) is 0 Å². The zero-order valence-electron chi connectivity index (χ0n) is 18.9. The molecule has 0 aliphatic rings. The van der Waals surface area contributed by atoms with Crippen LogP contribution >= 0.6 is 0 Å². The van der Waals surface area contributed by atoms with Gasteiger partial charge < -0.3 is 10.0 Å². The summed E-state index contributed by atoms with van der Waals surface area (Å²) >= 11 is 0. The Bertz CT molecular complexity index is 787. The van der Waals surface area contributed by atoms with Gasteiger partial charge in [0.25, 0.3) is 5.43 Å². The summed E-state index contributed by atoms with van der Waals surface area (Å²) in [5.41, 5.74) is 0.571. The maximum atomic E-state index is 11.7. The Morgan fingerprint density at radius 2 is 1.13 bits per heavy atom. The predicted octanol–water partition coefficient (Wildman–Crippen LogP) is 6.18. The topological polar surface area (TPSA) is 57.6 Å². The van der Waals surface area contributed by atoms with Crippen molar-refractivity contribution in [3.63, 3.8) is 0 Å². The molecule has 0 fully saturated rings. The van der Waals surface area contributed by atoms with Gasteiger partial charge in [-0.3, -0.25) is 9.59 Å². The van der Waals surface area contributed by atoms with Crippen molar-refractivity contribution < 1.29 is 5.11 Å². The van der Waals surface area contributed by atoms with Gasteiger partial charge in [-0.1, -0.05) is 90.2 Å².